The fourth-order valence-electron chi connectivity index (χ4n) is 5.42. The lowest BCUT2D eigenvalue weighted by Gasteiger charge is -2.30. The van der Waals surface area contributed by atoms with Crippen LogP contribution in [0.15, 0.2) is 48.0 Å². The summed E-state index contributed by atoms with van der Waals surface area (Å²) in [4.78, 5) is 28.0. The Balaban J connectivity index is 1.64. The minimum absolute atomic E-state index is 0.0194. The molecule has 1 heterocycles. The van der Waals surface area contributed by atoms with Gasteiger partial charge in [-0.05, 0) is 73.4 Å². The van der Waals surface area contributed by atoms with Crippen molar-refractivity contribution in [2.24, 2.45) is 0 Å². The van der Waals surface area contributed by atoms with Crippen molar-refractivity contribution >= 4 is 29.1 Å². The molecule has 5 rings (SSSR count). The quantitative estimate of drug-likeness (QED) is 0.388. The van der Waals surface area contributed by atoms with E-state index in [0.717, 1.165) is 50.5 Å². The van der Waals surface area contributed by atoms with Crippen molar-refractivity contribution in [3.8, 4) is 0 Å². The standard InChI is InChI=1S/C26H26ClNO3/c27-20-13-11-17(12-14-20)23-22(25(30)26(31)28(23)21-7-3-4-8-21)24(29)19-10-9-16-5-1-2-6-18(16)15-19/h9-15,21,23,29H,1-8H2/b24-22-. The molecule has 4 nitrogen and oxygen atoms in total. The maximum Gasteiger partial charge on any atom is 0.295 e. The third-order valence-electron chi connectivity index (χ3n) is 7.01. The first-order chi connectivity index (χ1) is 15.0. The monoisotopic (exact) mass is 435 g/mol. The molecule has 5 heteroatoms. The van der Waals surface area contributed by atoms with Crippen molar-refractivity contribution in [2.75, 3.05) is 0 Å². The van der Waals surface area contributed by atoms with E-state index in [0.29, 0.717) is 10.6 Å². The molecule has 0 bridgehead atoms. The van der Waals surface area contributed by atoms with E-state index in [4.69, 9.17) is 11.6 Å². The van der Waals surface area contributed by atoms with Gasteiger partial charge in [0.25, 0.3) is 11.7 Å². The van der Waals surface area contributed by atoms with Gasteiger partial charge in [0, 0.05) is 16.6 Å². The molecular formula is C26H26ClNO3. The number of halogens is 1. The van der Waals surface area contributed by atoms with Gasteiger partial charge in [-0.15, -0.1) is 0 Å². The van der Waals surface area contributed by atoms with Crippen molar-refractivity contribution in [3.05, 3.63) is 75.3 Å². The smallest absolute Gasteiger partial charge is 0.295 e. The molecule has 2 fully saturated rings. The van der Waals surface area contributed by atoms with Gasteiger partial charge in [-0.25, -0.2) is 0 Å². The van der Waals surface area contributed by atoms with Crippen molar-refractivity contribution in [1.29, 1.82) is 0 Å². The lowest BCUT2D eigenvalue weighted by Crippen LogP contribution is -2.37. The zero-order valence-corrected chi connectivity index (χ0v) is 18.2. The van der Waals surface area contributed by atoms with Crippen LogP contribution in [-0.2, 0) is 22.4 Å². The zero-order valence-electron chi connectivity index (χ0n) is 17.4. The third kappa shape index (κ3) is 3.57. The molecule has 2 aromatic rings. The number of ketones is 1. The molecule has 0 radical (unpaired) electrons. The number of hydrogen-bond donors (Lipinski definition) is 1. The SMILES string of the molecule is O=C1C(=O)N(C2CCCC2)C(c2ccc(Cl)cc2)/C1=C(/O)c1ccc2c(c1)CCCC2. The Bertz CT molecular complexity index is 1070. The van der Waals surface area contributed by atoms with Crippen molar-refractivity contribution < 1.29 is 14.7 Å². The molecule has 1 N–H and O–H groups in total. The Kier molecular flexibility index (Phi) is 5.35. The average Bonchev–Trinajstić information content (AvgIpc) is 3.40. The Morgan fingerprint density at radius 3 is 2.29 bits per heavy atom. The van der Waals surface area contributed by atoms with Crippen LogP contribution in [0.1, 0.15) is 66.8 Å². The molecule has 1 unspecified atom stereocenters. The fraction of sp³-hybridized carbons (Fsp3) is 0.385. The largest absolute Gasteiger partial charge is 0.507 e. The van der Waals surface area contributed by atoms with E-state index >= 15 is 0 Å². The lowest BCUT2D eigenvalue weighted by molar-refractivity contribution is -0.141. The summed E-state index contributed by atoms with van der Waals surface area (Å²) >= 11 is 6.09. The maximum absolute atomic E-state index is 13.2. The Labute approximate surface area is 187 Å². The van der Waals surface area contributed by atoms with E-state index < -0.39 is 17.7 Å². The van der Waals surface area contributed by atoms with Crippen LogP contribution < -0.4 is 0 Å². The van der Waals surface area contributed by atoms with E-state index in [-0.39, 0.29) is 17.4 Å². The third-order valence-corrected chi connectivity index (χ3v) is 7.26. The van der Waals surface area contributed by atoms with Crippen LogP contribution in [0, 0.1) is 0 Å². The molecule has 2 aliphatic carbocycles. The van der Waals surface area contributed by atoms with Crippen molar-refractivity contribution in [3.63, 3.8) is 0 Å². The predicted molar refractivity (Wildman–Crippen MR) is 121 cm³/mol. The molecule has 1 aliphatic heterocycles. The summed E-state index contributed by atoms with van der Waals surface area (Å²) in [6.07, 6.45) is 8.21. The molecule has 1 saturated carbocycles. The second-order valence-corrected chi connectivity index (χ2v) is 9.32. The second-order valence-electron chi connectivity index (χ2n) is 8.89. The van der Waals surface area contributed by atoms with Gasteiger partial charge >= 0.3 is 0 Å². The number of aliphatic hydroxyl groups excluding tert-OH is 1. The van der Waals surface area contributed by atoms with Crippen LogP contribution in [0.4, 0.5) is 0 Å². The number of aryl methyl sites for hydroxylation is 2. The summed E-state index contributed by atoms with van der Waals surface area (Å²) in [6.45, 7) is 0. The summed E-state index contributed by atoms with van der Waals surface area (Å²) in [5, 5.41) is 11.9. The normalized spacial score (nSPS) is 23.4. The van der Waals surface area contributed by atoms with Gasteiger partial charge in [-0.2, -0.15) is 0 Å². The molecule has 3 aliphatic rings. The topological polar surface area (TPSA) is 57.6 Å². The van der Waals surface area contributed by atoms with Crippen LogP contribution in [0.5, 0.6) is 0 Å². The van der Waals surface area contributed by atoms with Crippen LogP contribution in [-0.4, -0.2) is 27.7 Å². The highest BCUT2D eigenvalue weighted by Gasteiger charge is 2.49. The number of carbonyl (C=O) groups excluding carboxylic acids is 2. The summed E-state index contributed by atoms with van der Waals surface area (Å²) < 4.78 is 0. The molecule has 0 spiro atoms. The van der Waals surface area contributed by atoms with Gasteiger partial charge in [0.1, 0.15) is 5.76 Å². The van der Waals surface area contributed by atoms with E-state index in [1.807, 2.05) is 30.3 Å². The summed E-state index contributed by atoms with van der Waals surface area (Å²) in [6, 6.07) is 12.6. The zero-order chi connectivity index (χ0) is 21.5. The van der Waals surface area contributed by atoms with E-state index in [2.05, 4.69) is 0 Å². The number of carbonyl (C=O) groups is 2. The number of hydrogen-bond acceptors (Lipinski definition) is 3. The molecule has 0 aromatic heterocycles. The molecule has 1 saturated heterocycles. The first kappa shape index (κ1) is 20.3. The molecular weight excluding hydrogens is 410 g/mol. The number of likely N-dealkylation sites (tertiary alicyclic amines) is 1. The first-order valence-corrected chi connectivity index (χ1v) is 11.6. The Morgan fingerprint density at radius 2 is 1.58 bits per heavy atom. The van der Waals surface area contributed by atoms with Crippen LogP contribution in [0.25, 0.3) is 5.76 Å². The highest BCUT2D eigenvalue weighted by atomic mass is 35.5. The lowest BCUT2D eigenvalue weighted by atomic mass is 9.88. The number of nitrogens with zero attached hydrogens (tertiary/aromatic N) is 1. The second kappa shape index (κ2) is 8.16. The number of Topliss-reactive ketones (excluding diaryl/α,β-unsaturated/α-hetero) is 1. The number of benzene rings is 2. The van der Waals surface area contributed by atoms with Crippen molar-refractivity contribution in [1.82, 2.24) is 4.90 Å². The molecule has 160 valence electrons. The molecule has 1 atom stereocenters. The fourth-order valence-corrected chi connectivity index (χ4v) is 5.54. The van der Waals surface area contributed by atoms with Crippen LogP contribution >= 0.6 is 11.6 Å². The van der Waals surface area contributed by atoms with Gasteiger partial charge in [-0.1, -0.05) is 48.7 Å². The van der Waals surface area contributed by atoms with Crippen LogP contribution in [0.2, 0.25) is 5.02 Å². The summed E-state index contributed by atoms with van der Waals surface area (Å²) in [5.74, 6) is -1.18. The van der Waals surface area contributed by atoms with E-state index in [1.54, 1.807) is 17.0 Å². The number of amides is 1. The number of rotatable bonds is 3. The first-order valence-electron chi connectivity index (χ1n) is 11.2. The number of fused-ring (bicyclic) bond motifs is 1. The van der Waals surface area contributed by atoms with Gasteiger partial charge < -0.3 is 10.0 Å². The highest BCUT2D eigenvalue weighted by molar-refractivity contribution is 6.46. The van der Waals surface area contributed by atoms with Crippen molar-refractivity contribution in [2.45, 2.75) is 63.5 Å². The minimum Gasteiger partial charge on any atom is -0.507 e. The molecule has 1 amide bonds. The Hall–Kier alpha value is -2.59. The van der Waals surface area contributed by atoms with E-state index in [1.165, 1.54) is 17.5 Å². The summed E-state index contributed by atoms with van der Waals surface area (Å²) in [7, 11) is 0. The molecule has 2 aromatic carbocycles. The van der Waals surface area contributed by atoms with Gasteiger partial charge in [-0.3, -0.25) is 9.59 Å². The minimum atomic E-state index is -0.595. The van der Waals surface area contributed by atoms with Gasteiger partial charge in [0.2, 0.25) is 0 Å². The van der Waals surface area contributed by atoms with Crippen LogP contribution in [0.3, 0.4) is 0 Å². The van der Waals surface area contributed by atoms with E-state index in [9.17, 15) is 14.7 Å². The summed E-state index contributed by atoms with van der Waals surface area (Å²) in [5.41, 5.74) is 4.14. The van der Waals surface area contributed by atoms with Gasteiger partial charge in [0.15, 0.2) is 0 Å². The van der Waals surface area contributed by atoms with Gasteiger partial charge in [0.05, 0.1) is 11.6 Å². The highest BCUT2D eigenvalue weighted by Crippen LogP contribution is 2.43. The number of aliphatic hydroxyl groups is 1. The predicted octanol–water partition coefficient (Wildman–Crippen LogP) is 5.58. The molecule has 31 heavy (non-hydrogen) atoms. The maximum atomic E-state index is 13.2. The average molecular weight is 436 g/mol. The Morgan fingerprint density at radius 1 is 0.903 bits per heavy atom.